The molecule has 0 aromatic heterocycles. The van der Waals surface area contributed by atoms with Crippen LogP contribution in [0.5, 0.6) is 0 Å². The zero-order chi connectivity index (χ0) is 17.9. The van der Waals surface area contributed by atoms with Crippen molar-refractivity contribution in [1.29, 1.82) is 0 Å². The van der Waals surface area contributed by atoms with E-state index in [-0.39, 0.29) is 38.6 Å². The molecule has 0 aromatic rings. The highest BCUT2D eigenvalue weighted by molar-refractivity contribution is 5.78. The number of nitrogens with zero attached hydrogens (tertiary/aromatic N) is 5. The minimum Gasteiger partial charge on any atom is -0.512 e. The van der Waals surface area contributed by atoms with Crippen LogP contribution < -0.4 is 0 Å². The minimum absolute atomic E-state index is 0.0511. The fraction of sp³-hybridized carbons (Fsp3) is 0.643. The second-order valence-electron chi connectivity index (χ2n) is 5.62. The molecule has 1 rings (SSSR count). The average molecular weight is 341 g/mol. The van der Waals surface area contributed by atoms with Gasteiger partial charge >= 0.3 is 0 Å². The molecule has 0 aliphatic carbocycles. The van der Waals surface area contributed by atoms with Gasteiger partial charge in [-0.15, -0.1) is 4.91 Å². The van der Waals surface area contributed by atoms with Crippen molar-refractivity contribution in [2.45, 2.75) is 0 Å². The van der Waals surface area contributed by atoms with Gasteiger partial charge in [0.1, 0.15) is 12.6 Å². The Morgan fingerprint density at radius 3 is 2.08 bits per heavy atom. The normalized spacial score (nSPS) is 19.0. The molecule has 0 saturated carbocycles. The fourth-order valence-electron chi connectivity index (χ4n) is 2.54. The molecular formula is C14H23N5O5. The molecule has 134 valence electrons. The molecule has 24 heavy (non-hydrogen) atoms. The van der Waals surface area contributed by atoms with Crippen LogP contribution in [0.3, 0.4) is 0 Å². The maximum absolute atomic E-state index is 11.3. The first-order chi connectivity index (χ1) is 11.5. The summed E-state index contributed by atoms with van der Waals surface area (Å²) in [6.45, 7) is 5.72. The van der Waals surface area contributed by atoms with E-state index < -0.39 is 5.91 Å². The lowest BCUT2D eigenvalue weighted by Gasteiger charge is -2.31. The van der Waals surface area contributed by atoms with E-state index in [9.17, 15) is 24.4 Å². The van der Waals surface area contributed by atoms with Crippen LogP contribution in [-0.2, 0) is 14.4 Å². The molecule has 10 nitrogen and oxygen atoms in total. The van der Waals surface area contributed by atoms with Gasteiger partial charge in [-0.3, -0.25) is 24.4 Å². The molecule has 10 heteroatoms. The first-order valence-electron chi connectivity index (χ1n) is 7.48. The van der Waals surface area contributed by atoms with Gasteiger partial charge in [0, 0.05) is 18.3 Å². The number of aldehydes is 2. The third kappa shape index (κ3) is 7.51. The van der Waals surface area contributed by atoms with Gasteiger partial charge in [0.2, 0.25) is 0 Å². The Morgan fingerprint density at radius 1 is 0.958 bits per heavy atom. The van der Waals surface area contributed by atoms with E-state index >= 15 is 0 Å². The van der Waals surface area contributed by atoms with Gasteiger partial charge in [0.15, 0.2) is 0 Å². The van der Waals surface area contributed by atoms with Crippen molar-refractivity contribution in [2.75, 3.05) is 59.3 Å². The van der Waals surface area contributed by atoms with E-state index in [1.54, 1.807) is 9.80 Å². The number of hydrogen-bond acceptors (Lipinski definition) is 9. The Balaban J connectivity index is 2.92. The zero-order valence-corrected chi connectivity index (χ0v) is 13.5. The lowest BCUT2D eigenvalue weighted by atomic mass is 10.4. The Kier molecular flexibility index (Phi) is 8.94. The summed E-state index contributed by atoms with van der Waals surface area (Å²) in [5, 5.41) is 11.9. The quantitative estimate of drug-likeness (QED) is 0.332. The number of amides is 1. The number of carbonyl (C=O) groups is 3. The molecule has 1 aliphatic heterocycles. The van der Waals surface area contributed by atoms with E-state index in [4.69, 9.17) is 0 Å². The highest BCUT2D eigenvalue weighted by atomic mass is 16.3. The molecule has 0 bridgehead atoms. The summed E-state index contributed by atoms with van der Waals surface area (Å²) < 4.78 is 0. The molecule has 0 spiro atoms. The third-order valence-electron chi connectivity index (χ3n) is 3.46. The number of rotatable bonds is 8. The minimum atomic E-state index is -0.788. The smallest absolute Gasteiger partial charge is 0.300 e. The van der Waals surface area contributed by atoms with E-state index in [1.807, 2.05) is 9.80 Å². The predicted molar refractivity (Wildman–Crippen MR) is 85.9 cm³/mol. The van der Waals surface area contributed by atoms with Crippen LogP contribution in [0.25, 0.3) is 0 Å². The van der Waals surface area contributed by atoms with Crippen molar-refractivity contribution in [3.8, 4) is 0 Å². The van der Waals surface area contributed by atoms with Crippen molar-refractivity contribution in [3.63, 3.8) is 0 Å². The number of hydrogen-bond donors (Lipinski definition) is 1. The Labute approximate surface area is 140 Å². The molecule has 1 aliphatic rings. The monoisotopic (exact) mass is 341 g/mol. The van der Waals surface area contributed by atoms with E-state index in [1.165, 1.54) is 0 Å². The second-order valence-corrected chi connectivity index (χ2v) is 5.62. The van der Waals surface area contributed by atoms with Crippen LogP contribution in [0.1, 0.15) is 0 Å². The van der Waals surface area contributed by atoms with Gasteiger partial charge in [-0.2, -0.15) is 0 Å². The van der Waals surface area contributed by atoms with Crippen molar-refractivity contribution >= 4 is 18.5 Å². The van der Waals surface area contributed by atoms with E-state index in [0.29, 0.717) is 26.4 Å². The Morgan fingerprint density at radius 2 is 1.50 bits per heavy atom. The number of nitroso groups, excluding NO2 is 1. The summed E-state index contributed by atoms with van der Waals surface area (Å²) in [5.41, 5.74) is 0. The van der Waals surface area contributed by atoms with Gasteiger partial charge in [0.05, 0.1) is 51.9 Å². The van der Waals surface area contributed by atoms with Crippen LogP contribution in [0.4, 0.5) is 0 Å². The average Bonchev–Trinajstić information content (AvgIpc) is 2.58. The molecule has 0 radical (unpaired) electrons. The molecule has 1 N–H and O–H groups in total. The molecule has 1 heterocycles. The summed E-state index contributed by atoms with van der Waals surface area (Å²) in [6, 6.07) is 0. The predicted octanol–water partition coefficient (Wildman–Crippen LogP) is -1.16. The van der Waals surface area contributed by atoms with Crippen molar-refractivity contribution < 1.29 is 19.5 Å². The maximum atomic E-state index is 11.3. The molecular weight excluding hydrogens is 318 g/mol. The molecule has 0 unspecified atom stereocenters. The van der Waals surface area contributed by atoms with Gasteiger partial charge < -0.3 is 14.7 Å². The molecule has 1 amide bonds. The Bertz CT molecular complexity index is 472. The first kappa shape index (κ1) is 20.0. The third-order valence-corrected chi connectivity index (χ3v) is 3.46. The standard InChI is InChI=1S/C14H23N5O5/c1-13(22)8-19-11-17(9-14(23)15-24)3-2-16(4-6-20)10-18(12-19)5-7-21/h6-7,22H,1-5,8-12H2. The summed E-state index contributed by atoms with van der Waals surface area (Å²) >= 11 is 0. The van der Waals surface area contributed by atoms with Crippen LogP contribution in [0.2, 0.25) is 0 Å². The van der Waals surface area contributed by atoms with E-state index in [2.05, 4.69) is 11.8 Å². The molecule has 1 fully saturated rings. The largest absolute Gasteiger partial charge is 0.512 e. The summed E-state index contributed by atoms with van der Waals surface area (Å²) in [7, 11) is 0. The number of carbonyl (C=O) groups excluding carboxylic acids is 3. The maximum Gasteiger partial charge on any atom is 0.300 e. The highest BCUT2D eigenvalue weighted by Gasteiger charge is 2.22. The zero-order valence-electron chi connectivity index (χ0n) is 13.5. The summed E-state index contributed by atoms with van der Waals surface area (Å²) in [4.78, 5) is 50.5. The second kappa shape index (κ2) is 10.7. The van der Waals surface area contributed by atoms with Gasteiger partial charge in [-0.1, -0.05) is 6.58 Å². The van der Waals surface area contributed by atoms with Crippen molar-refractivity contribution in [3.05, 3.63) is 17.2 Å². The summed E-state index contributed by atoms with van der Waals surface area (Å²) in [6.07, 6.45) is 1.54. The Hall–Kier alpha value is -2.01. The topological polar surface area (TPSA) is 114 Å². The van der Waals surface area contributed by atoms with Crippen LogP contribution in [0.15, 0.2) is 17.5 Å². The number of aliphatic hydroxyl groups is 1. The fourth-order valence-corrected chi connectivity index (χ4v) is 2.54. The number of aliphatic hydroxyl groups excluding tert-OH is 1. The van der Waals surface area contributed by atoms with Crippen LogP contribution in [-0.4, -0.2) is 102 Å². The van der Waals surface area contributed by atoms with Crippen molar-refractivity contribution in [1.82, 2.24) is 19.6 Å². The first-order valence-corrected chi connectivity index (χ1v) is 7.48. The SMILES string of the molecule is C=C(O)CN1CN(CC(=O)N=O)CCN(CC=O)CN(CC=O)C1. The van der Waals surface area contributed by atoms with E-state index in [0.717, 1.165) is 12.6 Å². The lowest BCUT2D eigenvalue weighted by Crippen LogP contribution is -2.46. The molecule has 0 atom stereocenters. The van der Waals surface area contributed by atoms with Gasteiger partial charge in [-0.25, -0.2) is 0 Å². The van der Waals surface area contributed by atoms with Crippen molar-refractivity contribution in [2.24, 2.45) is 5.18 Å². The van der Waals surface area contributed by atoms with Gasteiger partial charge in [0.25, 0.3) is 5.91 Å². The molecule has 1 saturated heterocycles. The molecule has 0 aromatic carbocycles. The van der Waals surface area contributed by atoms with Crippen LogP contribution in [0, 0.1) is 4.91 Å². The van der Waals surface area contributed by atoms with Gasteiger partial charge in [-0.05, 0) is 0 Å². The summed E-state index contributed by atoms with van der Waals surface area (Å²) in [5.74, 6) is -0.839. The highest BCUT2D eigenvalue weighted by Crippen LogP contribution is 2.06. The van der Waals surface area contributed by atoms with Crippen LogP contribution >= 0.6 is 0 Å². The lowest BCUT2D eigenvalue weighted by molar-refractivity contribution is -0.119.